The molecule has 2 fully saturated rings. The molecule has 3 rings (SSSR count). The quantitative estimate of drug-likeness (QED) is 0.848. The first-order valence-electron chi connectivity index (χ1n) is 10.0. The van der Waals surface area contributed by atoms with E-state index in [4.69, 9.17) is 0 Å². The molecule has 1 N–H and O–H groups in total. The summed E-state index contributed by atoms with van der Waals surface area (Å²) >= 11 is 0. The van der Waals surface area contributed by atoms with Crippen LogP contribution in [0.25, 0.3) is 0 Å². The Morgan fingerprint density at radius 2 is 1.59 bits per heavy atom. The molecule has 0 spiro atoms. The molecule has 1 atom stereocenters. The van der Waals surface area contributed by atoms with E-state index in [2.05, 4.69) is 5.32 Å². The minimum Gasteiger partial charge on any atom is -0.353 e. The summed E-state index contributed by atoms with van der Waals surface area (Å²) in [5, 5.41) is 3.17. The van der Waals surface area contributed by atoms with E-state index < -0.39 is 15.8 Å². The number of sulfonamides is 1. The predicted octanol–water partition coefficient (Wildman–Crippen LogP) is 3.46. The summed E-state index contributed by atoms with van der Waals surface area (Å²) in [6, 6.07) is 5.07. The first-order valence-corrected chi connectivity index (χ1v) is 11.5. The van der Waals surface area contributed by atoms with Crippen molar-refractivity contribution in [2.75, 3.05) is 13.1 Å². The largest absolute Gasteiger partial charge is 0.353 e. The number of halogens is 1. The number of nitrogens with one attached hydrogen (secondary N) is 1. The van der Waals surface area contributed by atoms with E-state index >= 15 is 0 Å². The lowest BCUT2D eigenvalue weighted by molar-refractivity contribution is -0.126. The monoisotopic (exact) mass is 396 g/mol. The second kappa shape index (κ2) is 9.15. The minimum absolute atomic E-state index is 0.0282. The van der Waals surface area contributed by atoms with Gasteiger partial charge in [0.25, 0.3) is 0 Å². The molecule has 1 aliphatic carbocycles. The van der Waals surface area contributed by atoms with Gasteiger partial charge in [-0.15, -0.1) is 0 Å². The predicted molar refractivity (Wildman–Crippen MR) is 102 cm³/mol. The molecule has 1 aromatic rings. The van der Waals surface area contributed by atoms with Crippen LogP contribution in [0.4, 0.5) is 4.39 Å². The molecule has 1 heterocycles. The first kappa shape index (κ1) is 20.3. The summed E-state index contributed by atoms with van der Waals surface area (Å²) in [4.78, 5) is 12.8. The van der Waals surface area contributed by atoms with Crippen LogP contribution in [0.1, 0.15) is 57.8 Å². The molecule has 1 aromatic carbocycles. The highest BCUT2D eigenvalue weighted by Crippen LogP contribution is 2.25. The topological polar surface area (TPSA) is 66.5 Å². The molecule has 0 unspecified atom stereocenters. The number of nitrogens with zero attached hydrogens (tertiary/aromatic N) is 1. The minimum atomic E-state index is -3.70. The van der Waals surface area contributed by atoms with Gasteiger partial charge in [0.05, 0.1) is 10.8 Å². The normalized spacial score (nSPS) is 23.4. The fourth-order valence-corrected chi connectivity index (χ4v) is 5.57. The van der Waals surface area contributed by atoms with Gasteiger partial charge in [-0.1, -0.05) is 32.1 Å². The summed E-state index contributed by atoms with van der Waals surface area (Å²) in [7, 11) is -3.70. The Kier molecular flexibility index (Phi) is 6.87. The zero-order valence-corrected chi connectivity index (χ0v) is 16.5. The van der Waals surface area contributed by atoms with E-state index in [-0.39, 0.29) is 29.3 Å². The van der Waals surface area contributed by atoms with Crippen LogP contribution in [0.15, 0.2) is 29.2 Å². The number of carbonyl (C=O) groups excluding carboxylic acids is 1. The standard InChI is InChI=1S/C20H29FN2O3S/c21-17-10-12-19(13-11-17)27(25,26)23-14-6-7-16(15-23)20(24)22-18-8-4-2-1-3-5-9-18/h10-13,16,18H,1-9,14-15H2,(H,22,24)/t16-/m0/s1. The van der Waals surface area contributed by atoms with Gasteiger partial charge in [-0.05, 0) is 49.9 Å². The van der Waals surface area contributed by atoms with Crippen LogP contribution < -0.4 is 5.32 Å². The Morgan fingerprint density at radius 3 is 2.26 bits per heavy atom. The SMILES string of the molecule is O=C(NC1CCCCCCC1)[C@H]1CCCN(S(=O)(=O)c2ccc(F)cc2)C1. The van der Waals surface area contributed by atoms with E-state index in [0.29, 0.717) is 19.4 Å². The van der Waals surface area contributed by atoms with Crippen LogP contribution in [0.2, 0.25) is 0 Å². The molecule has 1 aliphatic heterocycles. The summed E-state index contributed by atoms with van der Waals surface area (Å²) < 4.78 is 40.1. The Labute approximate surface area is 161 Å². The third-order valence-electron chi connectivity index (χ3n) is 5.66. The average Bonchev–Trinajstić information content (AvgIpc) is 2.64. The number of piperidine rings is 1. The zero-order valence-electron chi connectivity index (χ0n) is 15.7. The highest BCUT2D eigenvalue weighted by molar-refractivity contribution is 7.89. The highest BCUT2D eigenvalue weighted by Gasteiger charge is 2.33. The van der Waals surface area contributed by atoms with Gasteiger partial charge < -0.3 is 5.32 Å². The number of amides is 1. The second-order valence-electron chi connectivity index (χ2n) is 7.71. The zero-order chi connectivity index (χ0) is 19.3. The maximum absolute atomic E-state index is 13.1. The van der Waals surface area contributed by atoms with Crippen molar-refractivity contribution in [1.29, 1.82) is 0 Å². The van der Waals surface area contributed by atoms with Gasteiger partial charge in [-0.2, -0.15) is 4.31 Å². The Hall–Kier alpha value is -1.47. The third-order valence-corrected chi connectivity index (χ3v) is 7.54. The van der Waals surface area contributed by atoms with Gasteiger partial charge in [0.15, 0.2) is 0 Å². The molecule has 150 valence electrons. The van der Waals surface area contributed by atoms with Crippen molar-refractivity contribution in [2.45, 2.75) is 68.7 Å². The van der Waals surface area contributed by atoms with E-state index in [0.717, 1.165) is 37.8 Å². The second-order valence-corrected chi connectivity index (χ2v) is 9.64. The molecule has 7 heteroatoms. The fraction of sp³-hybridized carbons (Fsp3) is 0.650. The van der Waals surface area contributed by atoms with Crippen molar-refractivity contribution in [2.24, 2.45) is 5.92 Å². The first-order chi connectivity index (χ1) is 13.0. The lowest BCUT2D eigenvalue weighted by Gasteiger charge is -2.32. The Bertz CT molecular complexity index is 728. The third kappa shape index (κ3) is 5.29. The van der Waals surface area contributed by atoms with Gasteiger partial charge in [-0.3, -0.25) is 4.79 Å². The van der Waals surface area contributed by atoms with Crippen LogP contribution in [0.5, 0.6) is 0 Å². The maximum Gasteiger partial charge on any atom is 0.243 e. The summed E-state index contributed by atoms with van der Waals surface area (Å²) in [6.45, 7) is 0.588. The molecule has 5 nitrogen and oxygen atoms in total. The van der Waals surface area contributed by atoms with Crippen LogP contribution in [0, 0.1) is 11.7 Å². The molecule has 1 saturated heterocycles. The van der Waals surface area contributed by atoms with Crippen LogP contribution in [0.3, 0.4) is 0 Å². The fourth-order valence-electron chi connectivity index (χ4n) is 4.05. The summed E-state index contributed by atoms with van der Waals surface area (Å²) in [5.74, 6) is -0.817. The molecule has 1 saturated carbocycles. The van der Waals surface area contributed by atoms with Crippen molar-refractivity contribution in [3.05, 3.63) is 30.1 Å². The van der Waals surface area contributed by atoms with E-state index in [1.165, 1.54) is 35.7 Å². The van der Waals surface area contributed by atoms with Gasteiger partial charge in [-0.25, -0.2) is 12.8 Å². The number of carbonyl (C=O) groups is 1. The summed E-state index contributed by atoms with van der Waals surface area (Å²) in [6.07, 6.45) is 9.38. The van der Waals surface area contributed by atoms with Crippen LogP contribution >= 0.6 is 0 Å². The maximum atomic E-state index is 13.1. The molecular weight excluding hydrogens is 367 g/mol. The highest BCUT2D eigenvalue weighted by atomic mass is 32.2. The van der Waals surface area contributed by atoms with E-state index in [9.17, 15) is 17.6 Å². The Morgan fingerprint density at radius 1 is 0.963 bits per heavy atom. The van der Waals surface area contributed by atoms with Crippen LogP contribution in [-0.4, -0.2) is 37.8 Å². The number of hydrogen-bond donors (Lipinski definition) is 1. The van der Waals surface area contributed by atoms with Crippen LogP contribution in [-0.2, 0) is 14.8 Å². The Balaban J connectivity index is 1.62. The van der Waals surface area contributed by atoms with E-state index in [1.54, 1.807) is 0 Å². The number of hydrogen-bond acceptors (Lipinski definition) is 3. The lowest BCUT2D eigenvalue weighted by atomic mass is 9.94. The van der Waals surface area contributed by atoms with Crippen molar-refractivity contribution in [3.8, 4) is 0 Å². The van der Waals surface area contributed by atoms with Crippen molar-refractivity contribution in [1.82, 2.24) is 9.62 Å². The number of rotatable bonds is 4. The van der Waals surface area contributed by atoms with E-state index in [1.807, 2.05) is 0 Å². The lowest BCUT2D eigenvalue weighted by Crippen LogP contribution is -2.47. The molecular formula is C20H29FN2O3S. The van der Waals surface area contributed by atoms with Gasteiger partial charge in [0, 0.05) is 19.1 Å². The van der Waals surface area contributed by atoms with Crippen molar-refractivity contribution < 1.29 is 17.6 Å². The van der Waals surface area contributed by atoms with Gasteiger partial charge in [0.2, 0.25) is 15.9 Å². The number of benzene rings is 1. The average molecular weight is 397 g/mol. The van der Waals surface area contributed by atoms with Gasteiger partial charge >= 0.3 is 0 Å². The summed E-state index contributed by atoms with van der Waals surface area (Å²) in [5.41, 5.74) is 0. The van der Waals surface area contributed by atoms with Crippen molar-refractivity contribution >= 4 is 15.9 Å². The molecule has 0 bridgehead atoms. The molecule has 1 amide bonds. The molecule has 2 aliphatic rings. The smallest absolute Gasteiger partial charge is 0.243 e. The molecule has 0 aromatic heterocycles. The van der Waals surface area contributed by atoms with Gasteiger partial charge in [0.1, 0.15) is 5.82 Å². The molecule has 27 heavy (non-hydrogen) atoms. The molecule has 0 radical (unpaired) electrons. The van der Waals surface area contributed by atoms with Crippen molar-refractivity contribution in [3.63, 3.8) is 0 Å².